The van der Waals surface area contributed by atoms with Gasteiger partial charge in [0, 0.05) is 6.42 Å². The van der Waals surface area contributed by atoms with Crippen molar-refractivity contribution in [2.75, 3.05) is 0 Å². The first-order valence-electron chi connectivity index (χ1n) is 5.19. The molecule has 1 aromatic carbocycles. The zero-order chi connectivity index (χ0) is 13.7. The van der Waals surface area contributed by atoms with Crippen LogP contribution in [0.1, 0.15) is 24.5 Å². The van der Waals surface area contributed by atoms with Crippen LogP contribution in [0, 0.1) is 11.3 Å². The molecule has 92 valence electrons. The van der Waals surface area contributed by atoms with E-state index in [1.807, 2.05) is 0 Å². The van der Waals surface area contributed by atoms with Crippen molar-refractivity contribution in [3.63, 3.8) is 0 Å². The Bertz CT molecular complexity index is 567. The molecule has 0 spiro atoms. The van der Waals surface area contributed by atoms with Gasteiger partial charge in [-0.15, -0.1) is 0 Å². The van der Waals surface area contributed by atoms with Crippen molar-refractivity contribution in [1.82, 2.24) is 0 Å². The van der Waals surface area contributed by atoms with Crippen molar-refractivity contribution in [3.05, 3.63) is 28.8 Å². The Balaban J connectivity index is 3.31. The van der Waals surface area contributed by atoms with Crippen molar-refractivity contribution < 1.29 is 19.8 Å². The van der Waals surface area contributed by atoms with Crippen LogP contribution in [0.2, 0.25) is 0 Å². The van der Waals surface area contributed by atoms with Crippen LogP contribution in [0.15, 0.2) is 17.7 Å². The lowest BCUT2D eigenvalue weighted by Gasteiger charge is -2.03. The normalized spacial score (nSPS) is 10.8. The van der Waals surface area contributed by atoms with Crippen LogP contribution in [0.3, 0.4) is 0 Å². The molecule has 0 aliphatic rings. The molecule has 0 aromatic heterocycles. The number of hydrogen-bond donors (Lipinski definition) is 2. The molecule has 0 radical (unpaired) electrons. The Morgan fingerprint density at radius 3 is 2.61 bits per heavy atom. The van der Waals surface area contributed by atoms with Gasteiger partial charge in [-0.25, -0.2) is 0 Å². The minimum atomic E-state index is -0.524. The zero-order valence-electron chi connectivity index (χ0n) is 9.67. The highest BCUT2D eigenvalue weighted by molar-refractivity contribution is 6.15. The van der Waals surface area contributed by atoms with E-state index >= 15 is 0 Å². The van der Waals surface area contributed by atoms with Gasteiger partial charge < -0.3 is 10.2 Å². The number of carbonyl (C=O) groups is 2. The van der Waals surface area contributed by atoms with Crippen molar-refractivity contribution in [1.29, 1.82) is 5.26 Å². The molecule has 0 bridgehead atoms. The van der Waals surface area contributed by atoms with E-state index in [0.29, 0.717) is 11.8 Å². The molecule has 0 atom stereocenters. The molecule has 0 aliphatic heterocycles. The second kappa shape index (κ2) is 5.64. The Morgan fingerprint density at radius 2 is 2.11 bits per heavy atom. The van der Waals surface area contributed by atoms with Crippen LogP contribution in [-0.4, -0.2) is 22.3 Å². The summed E-state index contributed by atoms with van der Waals surface area (Å²) in [4.78, 5) is 22.1. The van der Waals surface area contributed by atoms with Crippen molar-refractivity contribution in [2.45, 2.75) is 13.3 Å². The predicted octanol–water partition coefficient (Wildman–Crippen LogP) is 1.53. The fraction of sp³-hybridized carbons (Fsp3) is 0.154. The number of aromatic hydroxyl groups is 2. The monoisotopic (exact) mass is 245 g/mol. The highest BCUT2D eigenvalue weighted by Gasteiger charge is 2.10. The lowest BCUT2D eigenvalue weighted by molar-refractivity contribution is -0.117. The summed E-state index contributed by atoms with van der Waals surface area (Å²) < 4.78 is 0. The molecule has 0 amide bonds. The van der Waals surface area contributed by atoms with E-state index < -0.39 is 11.5 Å². The Hall–Kier alpha value is -2.61. The van der Waals surface area contributed by atoms with Crippen LogP contribution >= 0.6 is 0 Å². The van der Waals surface area contributed by atoms with E-state index in [4.69, 9.17) is 5.26 Å². The molecular weight excluding hydrogens is 234 g/mol. The van der Waals surface area contributed by atoms with Gasteiger partial charge in [0.1, 0.15) is 6.07 Å². The first kappa shape index (κ1) is 13.5. The first-order valence-corrected chi connectivity index (χ1v) is 5.19. The molecular formula is C13H11NO4. The summed E-state index contributed by atoms with van der Waals surface area (Å²) in [6, 6.07) is 4.15. The molecule has 0 saturated carbocycles. The SMILES string of the molecule is CCC(=O)/C(C=O)=C/c1cc(O)c(O)c(C#N)c1. The minimum absolute atomic E-state index is 0.0496. The maximum absolute atomic E-state index is 11.4. The number of nitrogens with zero attached hydrogens (tertiary/aromatic N) is 1. The fourth-order valence-electron chi connectivity index (χ4n) is 1.37. The summed E-state index contributed by atoms with van der Waals surface area (Å²) in [6.45, 7) is 1.62. The number of phenols is 2. The number of rotatable bonds is 4. The van der Waals surface area contributed by atoms with Gasteiger partial charge in [0.25, 0.3) is 0 Å². The van der Waals surface area contributed by atoms with Gasteiger partial charge in [-0.1, -0.05) is 6.92 Å². The Labute approximate surface area is 104 Å². The van der Waals surface area contributed by atoms with E-state index in [0.717, 1.165) is 0 Å². The van der Waals surface area contributed by atoms with Gasteiger partial charge in [-0.2, -0.15) is 5.26 Å². The summed E-state index contributed by atoms with van der Waals surface area (Å²) in [5, 5.41) is 27.5. The summed E-state index contributed by atoms with van der Waals surface area (Å²) in [5.74, 6) is -1.34. The Kier molecular flexibility index (Phi) is 4.22. The number of nitriles is 1. The molecule has 5 heteroatoms. The summed E-state index contributed by atoms with van der Waals surface area (Å²) in [6.07, 6.45) is 1.86. The van der Waals surface area contributed by atoms with Gasteiger partial charge in [0.15, 0.2) is 23.6 Å². The second-order valence-electron chi connectivity index (χ2n) is 3.54. The standard InChI is InChI=1S/C13H11NO4/c1-2-11(16)10(7-15)4-8-3-9(6-14)13(18)12(17)5-8/h3-5,7,17-18H,2H2,1H3/b10-4+. The number of hydrogen-bond acceptors (Lipinski definition) is 5. The predicted molar refractivity (Wildman–Crippen MR) is 63.8 cm³/mol. The van der Waals surface area contributed by atoms with E-state index in [2.05, 4.69) is 0 Å². The maximum atomic E-state index is 11.4. The summed E-state index contributed by atoms with van der Waals surface area (Å²) >= 11 is 0. The third-order valence-corrected chi connectivity index (χ3v) is 2.32. The molecule has 2 N–H and O–H groups in total. The molecule has 0 unspecified atom stereocenters. The van der Waals surface area contributed by atoms with Gasteiger partial charge in [-0.3, -0.25) is 9.59 Å². The number of carbonyl (C=O) groups excluding carboxylic acids is 2. The van der Waals surface area contributed by atoms with Crippen molar-refractivity contribution in [3.8, 4) is 17.6 Å². The highest BCUT2D eigenvalue weighted by Crippen LogP contribution is 2.30. The molecule has 0 fully saturated rings. The third kappa shape index (κ3) is 2.74. The largest absolute Gasteiger partial charge is 0.504 e. The van der Waals surface area contributed by atoms with Crippen LogP contribution < -0.4 is 0 Å². The van der Waals surface area contributed by atoms with Gasteiger partial charge >= 0.3 is 0 Å². The molecule has 0 heterocycles. The highest BCUT2D eigenvalue weighted by atomic mass is 16.3. The lowest BCUT2D eigenvalue weighted by Crippen LogP contribution is -2.01. The molecule has 18 heavy (non-hydrogen) atoms. The van der Waals surface area contributed by atoms with Gasteiger partial charge in [0.05, 0.1) is 11.1 Å². The zero-order valence-corrected chi connectivity index (χ0v) is 9.67. The average molecular weight is 245 g/mol. The van der Waals surface area contributed by atoms with Crippen LogP contribution in [0.4, 0.5) is 0 Å². The van der Waals surface area contributed by atoms with E-state index in [1.54, 1.807) is 13.0 Å². The first-order chi connectivity index (χ1) is 8.53. The quantitative estimate of drug-likeness (QED) is 0.275. The van der Waals surface area contributed by atoms with Crippen molar-refractivity contribution in [2.24, 2.45) is 0 Å². The summed E-state index contributed by atoms with van der Waals surface area (Å²) in [7, 11) is 0. The third-order valence-electron chi connectivity index (χ3n) is 2.32. The van der Waals surface area contributed by atoms with Crippen molar-refractivity contribution >= 4 is 18.1 Å². The molecule has 1 aromatic rings. The Morgan fingerprint density at radius 1 is 1.44 bits per heavy atom. The number of ketones is 1. The second-order valence-corrected chi connectivity index (χ2v) is 3.54. The molecule has 0 saturated heterocycles. The minimum Gasteiger partial charge on any atom is -0.504 e. The van der Waals surface area contributed by atoms with Crippen LogP contribution in [0.5, 0.6) is 11.5 Å². The lowest BCUT2D eigenvalue weighted by atomic mass is 10.0. The number of aldehydes is 1. The van der Waals surface area contributed by atoms with E-state index in [9.17, 15) is 19.8 Å². The average Bonchev–Trinajstić information content (AvgIpc) is 2.38. The van der Waals surface area contributed by atoms with Gasteiger partial charge in [-0.05, 0) is 23.8 Å². The molecule has 1 rings (SSSR count). The molecule has 0 aliphatic carbocycles. The van der Waals surface area contributed by atoms with Gasteiger partial charge in [0.2, 0.25) is 0 Å². The summed E-state index contributed by atoms with van der Waals surface area (Å²) in [5.41, 5.74) is 0.118. The topological polar surface area (TPSA) is 98.4 Å². The van der Waals surface area contributed by atoms with Crippen LogP contribution in [0.25, 0.3) is 6.08 Å². The van der Waals surface area contributed by atoms with E-state index in [-0.39, 0.29) is 23.3 Å². The fourth-order valence-corrected chi connectivity index (χ4v) is 1.37. The number of Topliss-reactive ketones (excluding diaryl/α,β-unsaturated/α-hetero) is 1. The smallest absolute Gasteiger partial charge is 0.175 e. The number of allylic oxidation sites excluding steroid dienone is 1. The molecule has 5 nitrogen and oxygen atoms in total. The van der Waals surface area contributed by atoms with E-state index in [1.165, 1.54) is 18.2 Å². The maximum Gasteiger partial charge on any atom is 0.175 e. The number of benzene rings is 1. The van der Waals surface area contributed by atoms with Crippen LogP contribution in [-0.2, 0) is 9.59 Å². The number of phenolic OH excluding ortho intramolecular Hbond substituents is 2.